The van der Waals surface area contributed by atoms with Crippen LogP contribution in [0.5, 0.6) is 5.75 Å². The van der Waals surface area contributed by atoms with Crippen LogP contribution >= 0.6 is 31.9 Å². The highest BCUT2D eigenvalue weighted by molar-refractivity contribution is 9.11. The number of aromatic hydroxyl groups is 1. The summed E-state index contributed by atoms with van der Waals surface area (Å²) in [5, 5.41) is 8.95. The molecule has 4 N–H and O–H groups in total. The van der Waals surface area contributed by atoms with Gasteiger partial charge in [0.05, 0.1) is 5.69 Å². The molecule has 104 valence electrons. The molecule has 0 amide bonds. The fourth-order valence-electron chi connectivity index (χ4n) is 1.46. The van der Waals surface area contributed by atoms with E-state index in [2.05, 4.69) is 36.8 Å². The summed E-state index contributed by atoms with van der Waals surface area (Å²) in [5.74, 6) is -0.309. The monoisotopic (exact) mass is 400 g/mol. The van der Waals surface area contributed by atoms with Gasteiger partial charge in [-0.3, -0.25) is 4.98 Å². The van der Waals surface area contributed by atoms with E-state index >= 15 is 0 Å². The number of para-hydroxylation sites is 2. The van der Waals surface area contributed by atoms with Crippen molar-refractivity contribution in [2.75, 3.05) is 5.73 Å². The van der Waals surface area contributed by atoms with Crippen molar-refractivity contribution in [2.45, 2.75) is 0 Å². The molecular weight excluding hydrogens is 392 g/mol. The van der Waals surface area contributed by atoms with Gasteiger partial charge < -0.3 is 15.3 Å². The Morgan fingerprint density at radius 2 is 1.75 bits per heavy atom. The highest BCUT2D eigenvalue weighted by Gasteiger charge is 2.01. The molecule has 0 saturated carbocycles. The molecule has 5 nitrogen and oxygen atoms in total. The number of aromatic amines is 1. The number of hydrogen-bond donors (Lipinski definition) is 3. The number of halogens is 2. The van der Waals surface area contributed by atoms with Crippen LogP contribution in [-0.2, 0) is 0 Å². The van der Waals surface area contributed by atoms with Gasteiger partial charge in [0, 0.05) is 8.95 Å². The first-order chi connectivity index (χ1) is 9.49. The molecule has 0 unspecified atom stereocenters. The normalized spacial score (nSPS) is 10.1. The van der Waals surface area contributed by atoms with E-state index in [1.54, 1.807) is 24.3 Å². The lowest BCUT2D eigenvalue weighted by Gasteiger charge is -1.97. The van der Waals surface area contributed by atoms with Crippen LogP contribution in [-0.4, -0.2) is 10.1 Å². The van der Waals surface area contributed by atoms with Gasteiger partial charge in [-0.2, -0.15) is 0 Å². The summed E-state index contributed by atoms with van der Waals surface area (Å²) >= 11 is 6.44. The zero-order valence-corrected chi connectivity index (χ0v) is 13.2. The van der Waals surface area contributed by atoms with Gasteiger partial charge >= 0.3 is 5.76 Å². The lowest BCUT2D eigenvalue weighted by Crippen LogP contribution is -1.93. The lowest BCUT2D eigenvalue weighted by molar-refractivity contribution is 0.477. The highest BCUT2D eigenvalue weighted by atomic mass is 79.9. The standard InChI is InChI=1S/C7H4BrNO2.C6H6BrNO/c8-4-2-1-3-5-6(4)9-7(10)11-5;7-4-2-1-3-5(9)6(4)8/h1-3H,(H,9,10);1-3,9H,8H2. The van der Waals surface area contributed by atoms with Crippen LogP contribution in [0.15, 0.2) is 54.6 Å². The van der Waals surface area contributed by atoms with Gasteiger partial charge in [0.1, 0.15) is 11.3 Å². The van der Waals surface area contributed by atoms with E-state index in [4.69, 9.17) is 15.3 Å². The number of anilines is 1. The van der Waals surface area contributed by atoms with Gasteiger partial charge in [-0.05, 0) is 56.1 Å². The average molecular weight is 402 g/mol. The van der Waals surface area contributed by atoms with Gasteiger partial charge in [0.15, 0.2) is 5.58 Å². The van der Waals surface area contributed by atoms with E-state index in [9.17, 15) is 4.79 Å². The van der Waals surface area contributed by atoms with E-state index in [0.29, 0.717) is 16.8 Å². The van der Waals surface area contributed by atoms with Crippen LogP contribution in [0.2, 0.25) is 0 Å². The molecule has 0 aliphatic carbocycles. The largest absolute Gasteiger partial charge is 0.506 e. The molecule has 0 fully saturated rings. The zero-order chi connectivity index (χ0) is 14.7. The number of H-pyrrole nitrogens is 1. The minimum Gasteiger partial charge on any atom is -0.506 e. The summed E-state index contributed by atoms with van der Waals surface area (Å²) in [7, 11) is 0. The first-order valence-corrected chi connectivity index (χ1v) is 7.08. The summed E-state index contributed by atoms with van der Waals surface area (Å²) in [4.78, 5) is 13.3. The smallest absolute Gasteiger partial charge is 0.417 e. The predicted octanol–water partition coefficient (Wildman–Crippen LogP) is 3.62. The summed E-state index contributed by atoms with van der Waals surface area (Å²) in [6, 6.07) is 10.4. The molecule has 7 heteroatoms. The number of rotatable bonds is 0. The molecule has 1 heterocycles. The van der Waals surface area contributed by atoms with Crippen molar-refractivity contribution in [3.63, 3.8) is 0 Å². The molecule has 0 spiro atoms. The minimum absolute atomic E-state index is 0.115. The molecular formula is C13H10Br2N2O3. The molecule has 1 aromatic heterocycles. The van der Waals surface area contributed by atoms with Gasteiger partial charge in [0.2, 0.25) is 0 Å². The minimum atomic E-state index is -0.424. The Labute approximate surface area is 130 Å². The van der Waals surface area contributed by atoms with Crippen LogP contribution in [0.3, 0.4) is 0 Å². The van der Waals surface area contributed by atoms with Crippen LogP contribution in [0.1, 0.15) is 0 Å². The summed E-state index contributed by atoms with van der Waals surface area (Å²) in [6.07, 6.45) is 0. The number of nitrogens with two attached hydrogens (primary N) is 1. The summed E-state index contributed by atoms with van der Waals surface area (Å²) in [5.41, 5.74) is 7.05. The molecule has 0 aliphatic rings. The van der Waals surface area contributed by atoms with Gasteiger partial charge in [-0.1, -0.05) is 12.1 Å². The molecule has 2 aromatic carbocycles. The molecule has 0 bridgehead atoms. The van der Waals surface area contributed by atoms with Crippen molar-refractivity contribution in [1.29, 1.82) is 0 Å². The van der Waals surface area contributed by atoms with E-state index in [0.717, 1.165) is 8.95 Å². The third kappa shape index (κ3) is 3.23. The molecule has 0 radical (unpaired) electrons. The maximum absolute atomic E-state index is 10.7. The number of phenolic OH excluding ortho intramolecular Hbond substituents is 1. The Morgan fingerprint density at radius 3 is 2.35 bits per heavy atom. The third-order valence-electron chi connectivity index (χ3n) is 2.43. The second kappa shape index (κ2) is 6.15. The van der Waals surface area contributed by atoms with Crippen molar-refractivity contribution in [3.8, 4) is 5.75 Å². The van der Waals surface area contributed by atoms with Gasteiger partial charge in [-0.15, -0.1) is 0 Å². The fraction of sp³-hybridized carbons (Fsp3) is 0. The lowest BCUT2D eigenvalue weighted by atomic mass is 10.3. The Kier molecular flexibility index (Phi) is 4.51. The number of oxazole rings is 1. The van der Waals surface area contributed by atoms with Crippen LogP contribution in [0, 0.1) is 0 Å². The number of benzene rings is 2. The van der Waals surface area contributed by atoms with E-state index in [1.807, 2.05) is 12.1 Å². The number of aromatic nitrogens is 1. The van der Waals surface area contributed by atoms with Crippen LogP contribution in [0.4, 0.5) is 5.69 Å². The SMILES string of the molecule is Nc1c(O)cccc1Br.O=c1[nH]c2c(Br)cccc2o1. The molecule has 20 heavy (non-hydrogen) atoms. The first-order valence-electron chi connectivity index (χ1n) is 5.49. The number of hydrogen-bond acceptors (Lipinski definition) is 4. The number of nitrogens with one attached hydrogen (secondary N) is 1. The number of phenols is 1. The highest BCUT2D eigenvalue weighted by Crippen LogP contribution is 2.27. The van der Waals surface area contributed by atoms with Gasteiger partial charge in [0.25, 0.3) is 0 Å². The molecule has 0 saturated heterocycles. The number of nitrogen functional groups attached to an aromatic ring is 1. The summed E-state index contributed by atoms with van der Waals surface area (Å²) in [6.45, 7) is 0. The maximum Gasteiger partial charge on any atom is 0.417 e. The van der Waals surface area contributed by atoms with Crippen molar-refractivity contribution in [3.05, 3.63) is 55.9 Å². The fourth-order valence-corrected chi connectivity index (χ4v) is 2.27. The second-order valence-electron chi connectivity index (χ2n) is 3.80. The number of fused-ring (bicyclic) bond motifs is 1. The van der Waals surface area contributed by atoms with Crippen molar-refractivity contribution >= 4 is 48.6 Å². The Balaban J connectivity index is 0.000000151. The molecule has 0 aliphatic heterocycles. The quantitative estimate of drug-likeness (QED) is 0.396. The van der Waals surface area contributed by atoms with E-state index in [-0.39, 0.29) is 5.75 Å². The van der Waals surface area contributed by atoms with Crippen molar-refractivity contribution in [1.82, 2.24) is 4.98 Å². The average Bonchev–Trinajstić information content (AvgIpc) is 2.79. The predicted molar refractivity (Wildman–Crippen MR) is 84.8 cm³/mol. The Bertz CT molecular complexity index is 775. The third-order valence-corrected chi connectivity index (χ3v) is 3.79. The Hall–Kier alpha value is -1.73. The van der Waals surface area contributed by atoms with Crippen molar-refractivity contribution in [2.24, 2.45) is 0 Å². The topological polar surface area (TPSA) is 92.2 Å². The van der Waals surface area contributed by atoms with Gasteiger partial charge in [-0.25, -0.2) is 4.79 Å². The first kappa shape index (κ1) is 14.7. The second-order valence-corrected chi connectivity index (χ2v) is 5.51. The van der Waals surface area contributed by atoms with E-state index in [1.165, 1.54) is 0 Å². The Morgan fingerprint density at radius 1 is 1.10 bits per heavy atom. The van der Waals surface area contributed by atoms with E-state index < -0.39 is 5.76 Å². The molecule has 3 rings (SSSR count). The van der Waals surface area contributed by atoms with Crippen LogP contribution in [0.25, 0.3) is 11.1 Å². The maximum atomic E-state index is 10.7. The zero-order valence-electron chi connectivity index (χ0n) is 10.1. The van der Waals surface area contributed by atoms with Crippen LogP contribution < -0.4 is 11.5 Å². The molecule has 3 aromatic rings. The van der Waals surface area contributed by atoms with Crippen molar-refractivity contribution < 1.29 is 9.52 Å². The molecule has 0 atom stereocenters. The summed E-state index contributed by atoms with van der Waals surface area (Å²) < 4.78 is 6.37.